The van der Waals surface area contributed by atoms with Gasteiger partial charge in [-0.1, -0.05) is 18.1 Å². The van der Waals surface area contributed by atoms with E-state index in [0.29, 0.717) is 26.1 Å². The first-order valence-corrected chi connectivity index (χ1v) is 6.86. The molecule has 0 radical (unpaired) electrons. The van der Waals surface area contributed by atoms with E-state index in [0.717, 1.165) is 5.56 Å². The van der Waals surface area contributed by atoms with Crippen LogP contribution in [0.5, 0.6) is 0 Å². The first kappa shape index (κ1) is 15.5. The van der Waals surface area contributed by atoms with Crippen LogP contribution in [0.2, 0.25) is 0 Å². The number of benzene rings is 1. The van der Waals surface area contributed by atoms with Crippen LogP contribution in [0, 0.1) is 18.2 Å². The summed E-state index contributed by atoms with van der Waals surface area (Å²) in [5.41, 5.74) is 0.971. The minimum atomic E-state index is -0.910. The summed E-state index contributed by atoms with van der Waals surface area (Å²) in [5, 5.41) is 2.61. The Morgan fingerprint density at radius 2 is 2.00 bits per heavy atom. The molecule has 0 atom stereocenters. The highest BCUT2D eigenvalue weighted by molar-refractivity contribution is 5.77. The molecule has 1 saturated heterocycles. The molecule has 1 aromatic carbocycles. The lowest BCUT2D eigenvalue weighted by Gasteiger charge is -2.26. The molecule has 4 nitrogen and oxygen atoms in total. The second-order valence-corrected chi connectivity index (χ2v) is 4.89. The second kappa shape index (κ2) is 7.21. The average Bonchev–Trinajstić information content (AvgIpc) is 2.93. The molecule has 0 unspecified atom stereocenters. The van der Waals surface area contributed by atoms with E-state index < -0.39 is 5.79 Å². The van der Waals surface area contributed by atoms with Gasteiger partial charge in [-0.2, -0.15) is 0 Å². The van der Waals surface area contributed by atoms with Crippen LogP contribution < -0.4 is 5.32 Å². The van der Waals surface area contributed by atoms with E-state index in [4.69, 9.17) is 15.9 Å². The van der Waals surface area contributed by atoms with Gasteiger partial charge in [-0.05, 0) is 24.1 Å². The van der Waals surface area contributed by atoms with E-state index in [-0.39, 0.29) is 24.7 Å². The van der Waals surface area contributed by atoms with Gasteiger partial charge < -0.3 is 14.8 Å². The van der Waals surface area contributed by atoms with E-state index >= 15 is 0 Å². The Morgan fingerprint density at radius 3 is 2.62 bits per heavy atom. The van der Waals surface area contributed by atoms with Crippen LogP contribution in [0.1, 0.15) is 18.4 Å². The van der Waals surface area contributed by atoms with Crippen LogP contribution in [-0.2, 0) is 20.7 Å². The summed E-state index contributed by atoms with van der Waals surface area (Å²) in [6, 6.07) is 6.27. The molecule has 0 spiro atoms. The standard InChI is InChI=1S/C16H18FNO3/c1-2-9-18-15(19)12-16(20-10-11-21-16)8-7-13-3-5-14(17)6-4-13/h1,3-6H,7-12H2,(H,18,19). The van der Waals surface area contributed by atoms with Gasteiger partial charge in [-0.25, -0.2) is 4.39 Å². The average molecular weight is 291 g/mol. The molecule has 1 aliphatic heterocycles. The molecule has 1 aliphatic rings. The molecule has 21 heavy (non-hydrogen) atoms. The Hall–Kier alpha value is -1.90. The predicted octanol–water partition coefficient (Wildman–Crippen LogP) is 1.64. The number of amides is 1. The van der Waals surface area contributed by atoms with Gasteiger partial charge in [0.05, 0.1) is 26.2 Å². The predicted molar refractivity (Wildman–Crippen MR) is 75.8 cm³/mol. The highest BCUT2D eigenvalue weighted by Crippen LogP contribution is 2.29. The molecule has 1 aromatic rings. The molecular weight excluding hydrogens is 273 g/mol. The first-order chi connectivity index (χ1) is 10.1. The quantitative estimate of drug-likeness (QED) is 0.811. The van der Waals surface area contributed by atoms with Crippen LogP contribution in [0.3, 0.4) is 0 Å². The van der Waals surface area contributed by atoms with Crippen LogP contribution in [0.25, 0.3) is 0 Å². The number of halogens is 1. The zero-order chi connectivity index (χ0) is 15.1. The second-order valence-electron chi connectivity index (χ2n) is 4.89. The fraction of sp³-hybridized carbons (Fsp3) is 0.438. The van der Waals surface area contributed by atoms with Crippen molar-refractivity contribution >= 4 is 5.91 Å². The van der Waals surface area contributed by atoms with Crippen LogP contribution in [-0.4, -0.2) is 31.5 Å². The molecule has 1 heterocycles. The van der Waals surface area contributed by atoms with Gasteiger partial charge >= 0.3 is 0 Å². The van der Waals surface area contributed by atoms with Gasteiger partial charge in [0.2, 0.25) is 5.91 Å². The van der Waals surface area contributed by atoms with Gasteiger partial charge in [0.1, 0.15) is 5.82 Å². The maximum atomic E-state index is 12.9. The molecular formula is C16H18FNO3. The molecule has 1 N–H and O–H groups in total. The first-order valence-electron chi connectivity index (χ1n) is 6.86. The summed E-state index contributed by atoms with van der Waals surface area (Å²) >= 11 is 0. The monoisotopic (exact) mass is 291 g/mol. The molecule has 112 valence electrons. The molecule has 5 heteroatoms. The maximum absolute atomic E-state index is 12.9. The van der Waals surface area contributed by atoms with Crippen LogP contribution >= 0.6 is 0 Å². The Labute approximate surface area is 123 Å². The minimum Gasteiger partial charge on any atom is -0.347 e. The summed E-state index contributed by atoms with van der Waals surface area (Å²) in [5.74, 6) is 0.972. The summed E-state index contributed by atoms with van der Waals surface area (Å²) in [6.07, 6.45) is 6.39. The molecule has 0 saturated carbocycles. The van der Waals surface area contributed by atoms with Crippen LogP contribution in [0.15, 0.2) is 24.3 Å². The Kier molecular flexibility index (Phi) is 5.32. The van der Waals surface area contributed by atoms with Crippen molar-refractivity contribution < 1.29 is 18.7 Å². The lowest BCUT2D eigenvalue weighted by Crippen LogP contribution is -2.38. The molecule has 1 fully saturated rings. The third-order valence-corrected chi connectivity index (χ3v) is 3.34. The summed E-state index contributed by atoms with van der Waals surface area (Å²) in [4.78, 5) is 11.8. The van der Waals surface area contributed by atoms with Crippen LogP contribution in [0.4, 0.5) is 4.39 Å². The van der Waals surface area contributed by atoms with Crippen molar-refractivity contribution in [2.24, 2.45) is 0 Å². The number of carbonyl (C=O) groups is 1. The van der Waals surface area contributed by atoms with E-state index in [2.05, 4.69) is 11.2 Å². The molecule has 0 aromatic heterocycles. The molecule has 0 aliphatic carbocycles. The summed E-state index contributed by atoms with van der Waals surface area (Å²) < 4.78 is 24.1. The third-order valence-electron chi connectivity index (χ3n) is 3.34. The summed E-state index contributed by atoms with van der Waals surface area (Å²) in [6.45, 7) is 1.12. The van der Waals surface area contributed by atoms with E-state index in [1.807, 2.05) is 0 Å². The van der Waals surface area contributed by atoms with Gasteiger partial charge in [-0.15, -0.1) is 6.42 Å². The minimum absolute atomic E-state index is 0.107. The third kappa shape index (κ3) is 4.55. The van der Waals surface area contributed by atoms with E-state index in [1.165, 1.54) is 12.1 Å². The topological polar surface area (TPSA) is 47.6 Å². The Bertz CT molecular complexity index is 515. The fourth-order valence-electron chi connectivity index (χ4n) is 2.27. The fourth-order valence-corrected chi connectivity index (χ4v) is 2.27. The number of carbonyl (C=O) groups excluding carboxylic acids is 1. The van der Waals surface area contributed by atoms with Gasteiger partial charge in [-0.3, -0.25) is 4.79 Å². The van der Waals surface area contributed by atoms with Gasteiger partial charge in [0, 0.05) is 6.42 Å². The number of rotatable bonds is 6. The largest absolute Gasteiger partial charge is 0.347 e. The van der Waals surface area contributed by atoms with Crippen molar-refractivity contribution in [2.75, 3.05) is 19.8 Å². The summed E-state index contributed by atoms with van der Waals surface area (Å²) in [7, 11) is 0. The van der Waals surface area contributed by atoms with Crippen molar-refractivity contribution in [1.82, 2.24) is 5.32 Å². The lowest BCUT2D eigenvalue weighted by molar-refractivity contribution is -0.173. The van der Waals surface area contributed by atoms with E-state index in [9.17, 15) is 9.18 Å². The number of nitrogens with one attached hydrogen (secondary N) is 1. The van der Waals surface area contributed by atoms with Gasteiger partial charge in [0.15, 0.2) is 5.79 Å². The van der Waals surface area contributed by atoms with Crippen molar-refractivity contribution in [2.45, 2.75) is 25.0 Å². The normalized spacial score (nSPS) is 16.4. The molecule has 1 amide bonds. The molecule has 0 bridgehead atoms. The zero-order valence-electron chi connectivity index (χ0n) is 11.7. The number of ether oxygens (including phenoxy) is 2. The van der Waals surface area contributed by atoms with Crippen molar-refractivity contribution in [3.8, 4) is 12.3 Å². The number of hydrogen-bond donors (Lipinski definition) is 1. The van der Waals surface area contributed by atoms with Gasteiger partial charge in [0.25, 0.3) is 0 Å². The smallest absolute Gasteiger partial charge is 0.226 e. The molecule has 2 rings (SSSR count). The Balaban J connectivity index is 1.93. The van der Waals surface area contributed by atoms with E-state index in [1.54, 1.807) is 12.1 Å². The number of aryl methyl sites for hydroxylation is 1. The highest BCUT2D eigenvalue weighted by atomic mass is 19.1. The Morgan fingerprint density at radius 1 is 1.33 bits per heavy atom. The highest BCUT2D eigenvalue weighted by Gasteiger charge is 2.38. The zero-order valence-corrected chi connectivity index (χ0v) is 11.7. The van der Waals surface area contributed by atoms with Crippen molar-refractivity contribution in [3.63, 3.8) is 0 Å². The lowest BCUT2D eigenvalue weighted by atomic mass is 10.0. The van der Waals surface area contributed by atoms with Crippen molar-refractivity contribution in [1.29, 1.82) is 0 Å². The maximum Gasteiger partial charge on any atom is 0.226 e. The SMILES string of the molecule is C#CCNC(=O)CC1(CCc2ccc(F)cc2)OCCO1. The van der Waals surface area contributed by atoms with Crippen molar-refractivity contribution in [3.05, 3.63) is 35.6 Å². The number of hydrogen-bond acceptors (Lipinski definition) is 3. The number of terminal acetylenes is 1.